The van der Waals surface area contributed by atoms with Crippen molar-refractivity contribution >= 4 is 44.1 Å². The Bertz CT molecular complexity index is 738. The second-order valence-corrected chi connectivity index (χ2v) is 5.44. The van der Waals surface area contributed by atoms with Crippen molar-refractivity contribution in [2.24, 2.45) is 0 Å². The number of carbonyl (C=O) groups is 1. The molecule has 3 aromatic rings. The van der Waals surface area contributed by atoms with Crippen LogP contribution in [0.1, 0.15) is 15.4 Å². The average Bonchev–Trinajstić information content (AvgIpc) is 2.83. The van der Waals surface area contributed by atoms with Crippen LogP contribution in [0.25, 0.3) is 11.0 Å². The zero-order valence-corrected chi connectivity index (χ0v) is 11.5. The van der Waals surface area contributed by atoms with E-state index in [9.17, 15) is 4.79 Å². The van der Waals surface area contributed by atoms with E-state index in [1.807, 2.05) is 35.7 Å². The van der Waals surface area contributed by atoms with Gasteiger partial charge in [0, 0.05) is 4.47 Å². The van der Waals surface area contributed by atoms with Crippen LogP contribution < -0.4 is 0 Å². The maximum atomic E-state index is 12.2. The first-order chi connectivity index (χ1) is 8.75. The quantitative estimate of drug-likeness (QED) is 0.677. The minimum atomic E-state index is -0.102. The predicted octanol–water partition coefficient (Wildman–Crippen LogP) is 3.68. The van der Waals surface area contributed by atoms with Gasteiger partial charge in [-0.05, 0) is 39.5 Å². The number of benzene rings is 1. The maximum absolute atomic E-state index is 12.2. The fourth-order valence-corrected chi connectivity index (χ4v) is 3.14. The number of fused-ring (bicyclic) bond motifs is 1. The molecule has 0 saturated carbocycles. The molecule has 3 rings (SSSR count). The SMILES string of the molecule is O=C(c1cnc2ccccc2n1)c1sccc1Br. The number of halogens is 1. The van der Waals surface area contributed by atoms with Gasteiger partial charge in [-0.2, -0.15) is 0 Å². The van der Waals surface area contributed by atoms with E-state index in [0.717, 1.165) is 15.5 Å². The topological polar surface area (TPSA) is 42.9 Å². The number of thiophene rings is 1. The highest BCUT2D eigenvalue weighted by Gasteiger charge is 2.16. The van der Waals surface area contributed by atoms with Crippen molar-refractivity contribution < 1.29 is 4.79 Å². The highest BCUT2D eigenvalue weighted by atomic mass is 79.9. The number of rotatable bonds is 2. The Morgan fingerprint density at radius 2 is 1.94 bits per heavy atom. The van der Waals surface area contributed by atoms with E-state index in [0.29, 0.717) is 10.6 Å². The first-order valence-electron chi connectivity index (χ1n) is 5.25. The van der Waals surface area contributed by atoms with Gasteiger partial charge in [-0.25, -0.2) is 4.98 Å². The van der Waals surface area contributed by atoms with Crippen LogP contribution in [0.2, 0.25) is 0 Å². The smallest absolute Gasteiger partial charge is 0.224 e. The van der Waals surface area contributed by atoms with E-state index >= 15 is 0 Å². The third kappa shape index (κ3) is 1.95. The summed E-state index contributed by atoms with van der Waals surface area (Å²) in [4.78, 5) is 21.5. The van der Waals surface area contributed by atoms with Gasteiger partial charge in [-0.1, -0.05) is 12.1 Å². The van der Waals surface area contributed by atoms with Crippen LogP contribution in [-0.2, 0) is 0 Å². The molecule has 2 aromatic heterocycles. The van der Waals surface area contributed by atoms with Crippen molar-refractivity contribution in [1.82, 2.24) is 9.97 Å². The second kappa shape index (κ2) is 4.59. The van der Waals surface area contributed by atoms with Gasteiger partial charge < -0.3 is 0 Å². The van der Waals surface area contributed by atoms with Crippen molar-refractivity contribution in [3.05, 3.63) is 57.0 Å². The molecule has 18 heavy (non-hydrogen) atoms. The third-order valence-corrected chi connectivity index (χ3v) is 4.34. The monoisotopic (exact) mass is 318 g/mol. The van der Waals surface area contributed by atoms with Gasteiger partial charge in [-0.15, -0.1) is 11.3 Å². The van der Waals surface area contributed by atoms with Gasteiger partial charge in [0.15, 0.2) is 0 Å². The molecule has 5 heteroatoms. The van der Waals surface area contributed by atoms with Gasteiger partial charge >= 0.3 is 0 Å². The summed E-state index contributed by atoms with van der Waals surface area (Å²) in [5.41, 5.74) is 1.90. The molecule has 0 saturated heterocycles. The Labute approximate surface area is 116 Å². The second-order valence-electron chi connectivity index (χ2n) is 3.67. The zero-order valence-electron chi connectivity index (χ0n) is 9.13. The molecule has 0 aliphatic carbocycles. The molecule has 0 N–H and O–H groups in total. The zero-order chi connectivity index (χ0) is 12.5. The number of ketones is 1. The average molecular weight is 319 g/mol. The van der Waals surface area contributed by atoms with E-state index in [1.54, 1.807) is 0 Å². The minimum Gasteiger partial charge on any atom is -0.286 e. The molecule has 1 aromatic carbocycles. The van der Waals surface area contributed by atoms with Gasteiger partial charge in [0.1, 0.15) is 5.69 Å². The number of para-hydroxylation sites is 2. The standard InChI is InChI=1S/C13H7BrN2OS/c14-8-5-6-18-13(8)12(17)11-7-15-9-3-1-2-4-10(9)16-11/h1-7H. The number of nitrogens with zero attached hydrogens (tertiary/aromatic N) is 2. The number of hydrogen-bond acceptors (Lipinski definition) is 4. The number of aromatic nitrogens is 2. The Morgan fingerprint density at radius 1 is 1.17 bits per heavy atom. The highest BCUT2D eigenvalue weighted by molar-refractivity contribution is 9.10. The van der Waals surface area contributed by atoms with Gasteiger partial charge in [0.25, 0.3) is 0 Å². The molecule has 0 aliphatic rings. The summed E-state index contributed by atoms with van der Waals surface area (Å²) in [6.45, 7) is 0. The largest absolute Gasteiger partial charge is 0.286 e. The molecule has 3 nitrogen and oxygen atoms in total. The van der Waals surface area contributed by atoms with Crippen LogP contribution in [0.4, 0.5) is 0 Å². The summed E-state index contributed by atoms with van der Waals surface area (Å²) < 4.78 is 0.799. The molecule has 0 bridgehead atoms. The Balaban J connectivity index is 2.10. The van der Waals surface area contributed by atoms with Crippen molar-refractivity contribution in [2.45, 2.75) is 0 Å². The van der Waals surface area contributed by atoms with Crippen molar-refractivity contribution in [2.75, 3.05) is 0 Å². The molecule has 0 radical (unpaired) electrons. The van der Waals surface area contributed by atoms with Crippen LogP contribution in [-0.4, -0.2) is 15.8 Å². The number of hydrogen-bond donors (Lipinski definition) is 0. The van der Waals surface area contributed by atoms with E-state index < -0.39 is 0 Å². The molecule has 0 amide bonds. The Kier molecular flexibility index (Phi) is 2.93. The predicted molar refractivity (Wildman–Crippen MR) is 75.0 cm³/mol. The first-order valence-corrected chi connectivity index (χ1v) is 6.92. The molecule has 0 fully saturated rings. The summed E-state index contributed by atoms with van der Waals surface area (Å²) in [5, 5.41) is 1.87. The molecule has 88 valence electrons. The lowest BCUT2D eigenvalue weighted by molar-refractivity contribution is 0.103. The molecule has 0 unspecified atom stereocenters. The first kappa shape index (κ1) is 11.5. The van der Waals surface area contributed by atoms with E-state index in [4.69, 9.17) is 0 Å². The van der Waals surface area contributed by atoms with Gasteiger partial charge in [0.2, 0.25) is 5.78 Å². The van der Waals surface area contributed by atoms with E-state index in [1.165, 1.54) is 17.5 Å². The summed E-state index contributed by atoms with van der Waals surface area (Å²) in [6, 6.07) is 9.35. The summed E-state index contributed by atoms with van der Waals surface area (Å²) in [5.74, 6) is -0.102. The molecule has 2 heterocycles. The maximum Gasteiger partial charge on any atom is 0.224 e. The molecular weight excluding hydrogens is 312 g/mol. The summed E-state index contributed by atoms with van der Waals surface area (Å²) in [6.07, 6.45) is 1.52. The molecular formula is C13H7BrN2OS. The van der Waals surface area contributed by atoms with Crippen molar-refractivity contribution in [3.63, 3.8) is 0 Å². The van der Waals surface area contributed by atoms with E-state index in [-0.39, 0.29) is 5.78 Å². The van der Waals surface area contributed by atoms with Crippen LogP contribution in [0, 0.1) is 0 Å². The van der Waals surface area contributed by atoms with Crippen molar-refractivity contribution in [3.8, 4) is 0 Å². The lowest BCUT2D eigenvalue weighted by atomic mass is 10.2. The summed E-state index contributed by atoms with van der Waals surface area (Å²) >= 11 is 4.75. The lowest BCUT2D eigenvalue weighted by Crippen LogP contribution is -2.03. The Hall–Kier alpha value is -1.59. The third-order valence-electron chi connectivity index (χ3n) is 2.50. The van der Waals surface area contributed by atoms with E-state index in [2.05, 4.69) is 25.9 Å². The van der Waals surface area contributed by atoms with Gasteiger partial charge in [-0.3, -0.25) is 9.78 Å². The van der Waals surface area contributed by atoms with Crippen LogP contribution >= 0.6 is 27.3 Å². The molecule has 0 spiro atoms. The lowest BCUT2D eigenvalue weighted by Gasteiger charge is -2.00. The normalized spacial score (nSPS) is 10.7. The van der Waals surface area contributed by atoms with Crippen LogP contribution in [0.15, 0.2) is 46.4 Å². The summed E-state index contributed by atoms with van der Waals surface area (Å²) in [7, 11) is 0. The van der Waals surface area contributed by atoms with Crippen LogP contribution in [0.3, 0.4) is 0 Å². The fraction of sp³-hybridized carbons (Fsp3) is 0. The minimum absolute atomic E-state index is 0.102. The fourth-order valence-electron chi connectivity index (χ4n) is 1.64. The van der Waals surface area contributed by atoms with Crippen LogP contribution in [0.5, 0.6) is 0 Å². The van der Waals surface area contributed by atoms with Crippen molar-refractivity contribution in [1.29, 1.82) is 0 Å². The molecule has 0 aliphatic heterocycles. The van der Waals surface area contributed by atoms with Gasteiger partial charge in [0.05, 0.1) is 22.1 Å². The molecule has 0 atom stereocenters. The Morgan fingerprint density at radius 3 is 2.67 bits per heavy atom. The number of carbonyl (C=O) groups excluding carboxylic acids is 1. The highest BCUT2D eigenvalue weighted by Crippen LogP contribution is 2.25.